The number of unbranched alkanes of at least 4 members (excludes halogenated alkanes) is 2. The van der Waals surface area contributed by atoms with Gasteiger partial charge in [-0.05, 0) is 38.3 Å². The summed E-state index contributed by atoms with van der Waals surface area (Å²) in [5, 5.41) is 2.57. The van der Waals surface area contributed by atoms with Crippen LogP contribution in [-0.2, 0) is 4.79 Å². The van der Waals surface area contributed by atoms with Crippen LogP contribution in [0.25, 0.3) is 0 Å². The zero-order valence-corrected chi connectivity index (χ0v) is 17.5. The Labute approximate surface area is 155 Å². The summed E-state index contributed by atoms with van der Waals surface area (Å²) in [6.45, 7) is 14.8. The molecule has 0 unspecified atom stereocenters. The van der Waals surface area contributed by atoms with E-state index in [2.05, 4.69) is 26.1 Å². The van der Waals surface area contributed by atoms with E-state index in [9.17, 15) is 9.18 Å². The molecule has 0 fully saturated rings. The molecule has 1 amide bonds. The van der Waals surface area contributed by atoms with E-state index >= 15 is 0 Å². The molecule has 1 rings (SSSR count). The van der Waals surface area contributed by atoms with Crippen LogP contribution >= 0.6 is 0 Å². The van der Waals surface area contributed by atoms with Crippen LogP contribution in [0.3, 0.4) is 0 Å². The largest absolute Gasteiger partial charge is 0.357 e. The number of nitrogens with one attached hydrogen (secondary N) is 1. The molecule has 0 radical (unpaired) electrons. The summed E-state index contributed by atoms with van der Waals surface area (Å²) >= 11 is 0. The van der Waals surface area contributed by atoms with Crippen LogP contribution in [0.5, 0.6) is 0 Å². The first-order chi connectivity index (χ1) is 11.8. The number of carbonyl (C=O) groups is 1. The van der Waals surface area contributed by atoms with Crippen molar-refractivity contribution in [3.8, 4) is 0 Å². The Morgan fingerprint density at radius 2 is 1.60 bits per heavy atom. The van der Waals surface area contributed by atoms with Gasteiger partial charge in [0.1, 0.15) is 5.82 Å². The van der Waals surface area contributed by atoms with Gasteiger partial charge in [0.15, 0.2) is 0 Å². The van der Waals surface area contributed by atoms with Gasteiger partial charge in [0.05, 0.1) is 0 Å². The predicted octanol–water partition coefficient (Wildman–Crippen LogP) is 6.59. The fourth-order valence-electron chi connectivity index (χ4n) is 2.29. The minimum Gasteiger partial charge on any atom is -0.357 e. The lowest BCUT2D eigenvalue weighted by Crippen LogP contribution is -2.18. The molecule has 146 valence electrons. The number of benzene rings is 1. The third-order valence-corrected chi connectivity index (χ3v) is 3.84. The number of hydrogen-bond donors (Lipinski definition) is 1. The van der Waals surface area contributed by atoms with Crippen LogP contribution in [0.4, 0.5) is 4.39 Å². The molecule has 0 aliphatic rings. The molecule has 25 heavy (non-hydrogen) atoms. The lowest BCUT2D eigenvalue weighted by Gasteiger charge is -2.08. The Bertz CT molecular complexity index is 438. The van der Waals surface area contributed by atoms with E-state index in [1.165, 1.54) is 51.5 Å². The molecule has 0 aromatic heterocycles. The molecular weight excluding hydrogens is 313 g/mol. The zero-order chi connectivity index (χ0) is 19.7. The van der Waals surface area contributed by atoms with Crippen LogP contribution in [-0.4, -0.2) is 12.5 Å². The van der Waals surface area contributed by atoms with Crippen LogP contribution < -0.4 is 5.32 Å². The second-order valence-electron chi connectivity index (χ2n) is 6.73. The summed E-state index contributed by atoms with van der Waals surface area (Å²) < 4.78 is 12.5. The van der Waals surface area contributed by atoms with E-state index in [0.29, 0.717) is 0 Å². The zero-order valence-electron chi connectivity index (χ0n) is 17.5. The maximum Gasteiger partial charge on any atom is 0.216 e. The van der Waals surface area contributed by atoms with Crippen molar-refractivity contribution in [3.05, 3.63) is 35.1 Å². The van der Waals surface area contributed by atoms with Crippen molar-refractivity contribution in [2.45, 2.75) is 87.0 Å². The molecule has 0 aliphatic carbocycles. The van der Waals surface area contributed by atoms with Gasteiger partial charge in [-0.15, -0.1) is 0 Å². The van der Waals surface area contributed by atoms with Gasteiger partial charge in [0.2, 0.25) is 5.91 Å². The summed E-state index contributed by atoms with van der Waals surface area (Å²) in [4.78, 5) is 9.93. The highest BCUT2D eigenvalue weighted by Crippen LogP contribution is 2.14. The number of aryl methyl sites for hydroxylation is 2. The monoisotopic (exact) mass is 353 g/mol. The molecular formula is C22H40FNO. The number of hydrogen-bond acceptors (Lipinski definition) is 1. The number of halogens is 1. The van der Waals surface area contributed by atoms with E-state index < -0.39 is 0 Å². The molecule has 1 N–H and O–H groups in total. The van der Waals surface area contributed by atoms with Crippen LogP contribution in [0.1, 0.15) is 84.3 Å². The quantitative estimate of drug-likeness (QED) is 0.588. The highest BCUT2D eigenvalue weighted by molar-refractivity contribution is 5.72. The summed E-state index contributed by atoms with van der Waals surface area (Å²) in [6.07, 6.45) is 8.44. The van der Waals surface area contributed by atoms with Crippen LogP contribution in [0, 0.1) is 25.6 Å². The summed E-state index contributed by atoms with van der Waals surface area (Å²) in [7, 11) is 0. The second kappa shape index (κ2) is 17.4. The molecule has 0 heterocycles. The first kappa shape index (κ1) is 25.9. The van der Waals surface area contributed by atoms with E-state index in [-0.39, 0.29) is 11.7 Å². The Morgan fingerprint density at radius 1 is 1.08 bits per heavy atom. The number of carbonyl (C=O) groups excluding carboxylic acids is 1. The standard InChI is InChI=1S/C10H22.C8H9F.C4H9NO/c1-4-6-8-10(3)9-7-5-2;1-6-3-4-8(9)7(2)5-6;1-3-5-4(2)6/h10H,4-9H2,1-3H3;3-5H,1-2H3;3H2,1-2H3,(H,5,6). The van der Waals surface area contributed by atoms with Crippen molar-refractivity contribution >= 4 is 5.91 Å². The first-order valence-electron chi connectivity index (χ1n) is 9.75. The molecule has 0 bridgehead atoms. The third-order valence-electron chi connectivity index (χ3n) is 3.84. The van der Waals surface area contributed by atoms with Gasteiger partial charge in [-0.2, -0.15) is 0 Å². The fraction of sp³-hybridized carbons (Fsp3) is 0.682. The molecule has 0 atom stereocenters. The highest BCUT2D eigenvalue weighted by atomic mass is 19.1. The van der Waals surface area contributed by atoms with E-state index in [4.69, 9.17) is 0 Å². The third kappa shape index (κ3) is 18.8. The summed E-state index contributed by atoms with van der Waals surface area (Å²) in [5.41, 5.74) is 1.82. The van der Waals surface area contributed by atoms with Gasteiger partial charge in [-0.25, -0.2) is 4.39 Å². The van der Waals surface area contributed by atoms with Crippen molar-refractivity contribution in [1.29, 1.82) is 0 Å². The molecule has 1 aromatic rings. The minimum absolute atomic E-state index is 0.0394. The molecule has 0 saturated carbocycles. The Kier molecular flexibility index (Phi) is 18.0. The number of amides is 1. The Hall–Kier alpha value is -1.38. The summed E-state index contributed by atoms with van der Waals surface area (Å²) in [5.74, 6) is 0.887. The van der Waals surface area contributed by atoms with Gasteiger partial charge in [-0.1, -0.05) is 77.0 Å². The molecule has 3 heteroatoms. The van der Waals surface area contributed by atoms with Gasteiger partial charge in [-0.3, -0.25) is 4.79 Å². The minimum atomic E-state index is -0.124. The SMILES string of the molecule is CCCCC(C)CCCC.CCNC(C)=O.Cc1ccc(F)c(C)c1. The number of rotatable bonds is 7. The van der Waals surface area contributed by atoms with E-state index in [1.54, 1.807) is 13.0 Å². The molecule has 0 spiro atoms. The summed E-state index contributed by atoms with van der Waals surface area (Å²) in [6, 6.07) is 5.09. The Balaban J connectivity index is 0. The van der Waals surface area contributed by atoms with Crippen LogP contribution in [0.2, 0.25) is 0 Å². The van der Waals surface area contributed by atoms with Crippen molar-refractivity contribution in [3.63, 3.8) is 0 Å². The molecule has 0 aliphatic heterocycles. The van der Waals surface area contributed by atoms with Crippen molar-refractivity contribution in [2.24, 2.45) is 5.92 Å². The lowest BCUT2D eigenvalue weighted by molar-refractivity contribution is -0.118. The van der Waals surface area contributed by atoms with Gasteiger partial charge in [0.25, 0.3) is 0 Å². The lowest BCUT2D eigenvalue weighted by atomic mass is 9.98. The van der Waals surface area contributed by atoms with E-state index in [1.807, 2.05) is 19.9 Å². The second-order valence-corrected chi connectivity index (χ2v) is 6.73. The van der Waals surface area contributed by atoms with Gasteiger partial charge in [0, 0.05) is 13.5 Å². The van der Waals surface area contributed by atoms with Crippen molar-refractivity contribution in [1.82, 2.24) is 5.32 Å². The smallest absolute Gasteiger partial charge is 0.216 e. The van der Waals surface area contributed by atoms with Crippen molar-refractivity contribution < 1.29 is 9.18 Å². The topological polar surface area (TPSA) is 29.1 Å². The predicted molar refractivity (Wildman–Crippen MR) is 108 cm³/mol. The maximum atomic E-state index is 12.5. The maximum absolute atomic E-state index is 12.5. The molecule has 0 saturated heterocycles. The molecule has 2 nitrogen and oxygen atoms in total. The highest BCUT2D eigenvalue weighted by Gasteiger charge is 1.98. The first-order valence-corrected chi connectivity index (χ1v) is 9.75. The van der Waals surface area contributed by atoms with Gasteiger partial charge >= 0.3 is 0 Å². The normalized spacial score (nSPS) is 9.64. The average molecular weight is 354 g/mol. The van der Waals surface area contributed by atoms with Crippen LogP contribution in [0.15, 0.2) is 18.2 Å². The average Bonchev–Trinajstić information content (AvgIpc) is 2.55. The molecule has 1 aromatic carbocycles. The fourth-order valence-corrected chi connectivity index (χ4v) is 2.29. The van der Waals surface area contributed by atoms with Crippen molar-refractivity contribution in [2.75, 3.05) is 6.54 Å². The van der Waals surface area contributed by atoms with Gasteiger partial charge < -0.3 is 5.32 Å². The van der Waals surface area contributed by atoms with E-state index in [0.717, 1.165) is 23.6 Å². The Morgan fingerprint density at radius 3 is 1.88 bits per heavy atom.